The first-order valence-electron chi connectivity index (χ1n) is 5.93. The largest absolute Gasteiger partial charge is 0.484 e. The van der Waals surface area contributed by atoms with Gasteiger partial charge in [-0.1, -0.05) is 11.6 Å². The lowest BCUT2D eigenvalue weighted by Gasteiger charge is -2.08. The normalized spacial score (nSPS) is 9.63. The van der Waals surface area contributed by atoms with Gasteiger partial charge < -0.3 is 15.4 Å². The molecule has 1 amide bonds. The van der Waals surface area contributed by atoms with Gasteiger partial charge in [-0.05, 0) is 50.7 Å². The highest BCUT2D eigenvalue weighted by Crippen LogP contribution is 2.20. The number of ether oxygens (including phenoxy) is 1. The van der Waals surface area contributed by atoms with Crippen molar-refractivity contribution in [2.24, 2.45) is 0 Å². The molecule has 0 aromatic heterocycles. The lowest BCUT2D eigenvalue weighted by molar-refractivity contribution is -0.123. The van der Waals surface area contributed by atoms with Gasteiger partial charge in [0.2, 0.25) is 0 Å². The van der Waals surface area contributed by atoms with Gasteiger partial charge >= 0.3 is 0 Å². The summed E-state index contributed by atoms with van der Waals surface area (Å²) >= 11 is 5.90. The molecule has 0 saturated heterocycles. The molecule has 0 bridgehead atoms. The summed E-state index contributed by atoms with van der Waals surface area (Å²) < 4.78 is 5.37. The molecule has 1 aromatic carbocycles. The Balaban J connectivity index is 0.00000324. The van der Waals surface area contributed by atoms with Gasteiger partial charge in [-0.2, -0.15) is 0 Å². The maximum absolute atomic E-state index is 11.4. The van der Waals surface area contributed by atoms with Crippen LogP contribution in [0.15, 0.2) is 18.2 Å². The van der Waals surface area contributed by atoms with E-state index in [1.807, 2.05) is 20.0 Å². The average molecular weight is 307 g/mol. The molecule has 0 radical (unpaired) electrons. The van der Waals surface area contributed by atoms with Crippen molar-refractivity contribution in [3.8, 4) is 5.75 Å². The SMILES string of the molecule is CNCCCNC(=O)COc1ccc(Cl)c(C)c1.Cl. The highest BCUT2D eigenvalue weighted by Gasteiger charge is 2.03. The van der Waals surface area contributed by atoms with Crippen molar-refractivity contribution in [3.05, 3.63) is 28.8 Å². The molecule has 0 aliphatic rings. The van der Waals surface area contributed by atoms with E-state index in [1.54, 1.807) is 12.1 Å². The van der Waals surface area contributed by atoms with Crippen molar-refractivity contribution in [2.45, 2.75) is 13.3 Å². The molecular formula is C13H20Cl2N2O2. The fourth-order valence-corrected chi connectivity index (χ4v) is 1.52. The molecular weight excluding hydrogens is 287 g/mol. The number of halogens is 2. The fourth-order valence-electron chi connectivity index (χ4n) is 1.40. The van der Waals surface area contributed by atoms with Gasteiger partial charge in [0.1, 0.15) is 5.75 Å². The van der Waals surface area contributed by atoms with Crippen LogP contribution in [-0.2, 0) is 4.79 Å². The van der Waals surface area contributed by atoms with Crippen LogP contribution in [0, 0.1) is 6.92 Å². The zero-order chi connectivity index (χ0) is 13.4. The molecule has 0 heterocycles. The fraction of sp³-hybridized carbons (Fsp3) is 0.462. The summed E-state index contributed by atoms with van der Waals surface area (Å²) in [5.41, 5.74) is 0.934. The summed E-state index contributed by atoms with van der Waals surface area (Å²) in [6.07, 6.45) is 0.905. The van der Waals surface area contributed by atoms with E-state index in [4.69, 9.17) is 16.3 Å². The molecule has 108 valence electrons. The highest BCUT2D eigenvalue weighted by atomic mass is 35.5. The van der Waals surface area contributed by atoms with Gasteiger partial charge in [-0.15, -0.1) is 12.4 Å². The highest BCUT2D eigenvalue weighted by molar-refractivity contribution is 6.31. The van der Waals surface area contributed by atoms with Gasteiger partial charge in [0.15, 0.2) is 6.61 Å². The topological polar surface area (TPSA) is 50.4 Å². The maximum atomic E-state index is 11.4. The molecule has 0 fully saturated rings. The van der Waals surface area contributed by atoms with Crippen molar-refractivity contribution in [2.75, 3.05) is 26.7 Å². The second-order valence-electron chi connectivity index (χ2n) is 4.01. The van der Waals surface area contributed by atoms with E-state index in [0.717, 1.165) is 18.5 Å². The van der Waals surface area contributed by atoms with Crippen LogP contribution in [0.1, 0.15) is 12.0 Å². The average Bonchev–Trinajstić information content (AvgIpc) is 2.36. The second kappa shape index (κ2) is 9.89. The quantitative estimate of drug-likeness (QED) is 0.759. The Kier molecular flexibility index (Phi) is 9.39. The monoisotopic (exact) mass is 306 g/mol. The number of nitrogens with one attached hydrogen (secondary N) is 2. The lowest BCUT2D eigenvalue weighted by atomic mass is 10.2. The lowest BCUT2D eigenvalue weighted by Crippen LogP contribution is -2.30. The van der Waals surface area contributed by atoms with E-state index in [2.05, 4.69) is 10.6 Å². The summed E-state index contributed by atoms with van der Waals surface area (Å²) in [7, 11) is 1.88. The molecule has 0 aliphatic heterocycles. The van der Waals surface area contributed by atoms with Crippen LogP contribution in [0.2, 0.25) is 5.02 Å². The van der Waals surface area contributed by atoms with Crippen LogP contribution < -0.4 is 15.4 Å². The summed E-state index contributed by atoms with van der Waals surface area (Å²) in [4.78, 5) is 11.4. The number of carbonyl (C=O) groups excluding carboxylic acids is 1. The Morgan fingerprint density at radius 1 is 1.37 bits per heavy atom. The number of amides is 1. The van der Waals surface area contributed by atoms with Crippen LogP contribution in [0.25, 0.3) is 0 Å². The van der Waals surface area contributed by atoms with Gasteiger partial charge in [0, 0.05) is 11.6 Å². The molecule has 1 aromatic rings. The van der Waals surface area contributed by atoms with Crippen LogP contribution in [0.4, 0.5) is 0 Å². The van der Waals surface area contributed by atoms with E-state index in [9.17, 15) is 4.79 Å². The van der Waals surface area contributed by atoms with E-state index in [1.165, 1.54) is 0 Å². The Morgan fingerprint density at radius 3 is 2.74 bits per heavy atom. The minimum atomic E-state index is -0.112. The number of rotatable bonds is 7. The Bertz CT molecular complexity index is 400. The van der Waals surface area contributed by atoms with Crippen molar-refractivity contribution < 1.29 is 9.53 Å². The van der Waals surface area contributed by atoms with E-state index < -0.39 is 0 Å². The van der Waals surface area contributed by atoms with E-state index in [-0.39, 0.29) is 24.9 Å². The van der Waals surface area contributed by atoms with Crippen molar-refractivity contribution in [3.63, 3.8) is 0 Å². The van der Waals surface area contributed by atoms with Gasteiger partial charge in [-0.25, -0.2) is 0 Å². The Hall–Kier alpha value is -0.970. The first kappa shape index (κ1) is 18.0. The van der Waals surface area contributed by atoms with Gasteiger partial charge in [-0.3, -0.25) is 4.79 Å². The molecule has 0 spiro atoms. The minimum Gasteiger partial charge on any atom is -0.484 e. The third kappa shape index (κ3) is 7.25. The van der Waals surface area contributed by atoms with Crippen LogP contribution >= 0.6 is 24.0 Å². The van der Waals surface area contributed by atoms with Crippen LogP contribution in [-0.4, -0.2) is 32.7 Å². The standard InChI is InChI=1S/C13H19ClN2O2.ClH/c1-10-8-11(4-5-12(10)14)18-9-13(17)16-7-3-6-15-2;/h4-5,8,15H,3,6-7,9H2,1-2H3,(H,16,17);1H. The third-order valence-electron chi connectivity index (χ3n) is 2.43. The number of benzene rings is 1. The summed E-state index contributed by atoms with van der Waals surface area (Å²) in [6, 6.07) is 5.33. The van der Waals surface area contributed by atoms with Crippen molar-refractivity contribution >= 4 is 29.9 Å². The molecule has 0 unspecified atom stereocenters. The van der Waals surface area contributed by atoms with Crippen molar-refractivity contribution in [1.29, 1.82) is 0 Å². The minimum absolute atomic E-state index is 0. The smallest absolute Gasteiger partial charge is 0.257 e. The predicted octanol–water partition coefficient (Wildman–Crippen LogP) is 2.17. The molecule has 0 atom stereocenters. The van der Waals surface area contributed by atoms with Crippen LogP contribution in [0.5, 0.6) is 5.75 Å². The maximum Gasteiger partial charge on any atom is 0.257 e. The summed E-state index contributed by atoms with van der Waals surface area (Å²) in [5, 5.41) is 6.49. The van der Waals surface area contributed by atoms with E-state index >= 15 is 0 Å². The third-order valence-corrected chi connectivity index (χ3v) is 2.85. The predicted molar refractivity (Wildman–Crippen MR) is 80.5 cm³/mol. The first-order chi connectivity index (χ1) is 8.63. The number of hydrogen-bond donors (Lipinski definition) is 2. The number of carbonyl (C=O) groups is 1. The molecule has 0 saturated carbocycles. The number of hydrogen-bond acceptors (Lipinski definition) is 3. The van der Waals surface area contributed by atoms with Gasteiger partial charge in [0.05, 0.1) is 0 Å². The summed E-state index contributed by atoms with van der Waals surface area (Å²) in [5.74, 6) is 0.543. The molecule has 2 N–H and O–H groups in total. The molecule has 19 heavy (non-hydrogen) atoms. The molecule has 0 aliphatic carbocycles. The van der Waals surface area contributed by atoms with Crippen LogP contribution in [0.3, 0.4) is 0 Å². The van der Waals surface area contributed by atoms with Crippen molar-refractivity contribution in [1.82, 2.24) is 10.6 Å². The molecule has 1 rings (SSSR count). The summed E-state index contributed by atoms with van der Waals surface area (Å²) in [6.45, 7) is 3.47. The number of aryl methyl sites for hydroxylation is 1. The Labute approximate surface area is 125 Å². The first-order valence-corrected chi connectivity index (χ1v) is 6.31. The molecule has 6 heteroatoms. The zero-order valence-corrected chi connectivity index (χ0v) is 12.7. The molecule has 4 nitrogen and oxygen atoms in total. The second-order valence-corrected chi connectivity index (χ2v) is 4.41. The Morgan fingerprint density at radius 2 is 2.11 bits per heavy atom. The zero-order valence-electron chi connectivity index (χ0n) is 11.2. The van der Waals surface area contributed by atoms with Gasteiger partial charge in [0.25, 0.3) is 5.91 Å². The van der Waals surface area contributed by atoms with E-state index in [0.29, 0.717) is 17.3 Å².